The van der Waals surface area contributed by atoms with Gasteiger partial charge in [-0.25, -0.2) is 0 Å². The number of hydrogen-bond donors (Lipinski definition) is 0. The van der Waals surface area contributed by atoms with E-state index in [0.29, 0.717) is 0 Å². The van der Waals surface area contributed by atoms with Crippen molar-refractivity contribution in [2.45, 2.75) is 60.1 Å². The number of rotatable bonds is 5. The summed E-state index contributed by atoms with van der Waals surface area (Å²) in [4.78, 5) is 2.78. The predicted octanol–water partition coefficient (Wildman–Crippen LogP) is 6.01. The van der Waals surface area contributed by atoms with Gasteiger partial charge >= 0.3 is 0 Å². The second-order valence-corrected chi connectivity index (χ2v) is 25.7. The highest BCUT2D eigenvalue weighted by Gasteiger charge is 2.39. The Morgan fingerprint density at radius 1 is 0.605 bits per heavy atom. The number of benzene rings is 2. The lowest BCUT2D eigenvalue weighted by atomic mass is 9.35. The zero-order valence-electron chi connectivity index (χ0n) is 24.7. The molecule has 2 aromatic heterocycles. The first-order valence-corrected chi connectivity index (χ1v) is 22.0. The number of thiophene rings is 2. The topological polar surface area (TPSA) is 18.5 Å². The summed E-state index contributed by atoms with van der Waals surface area (Å²) in [6.45, 7) is 21.8. The van der Waals surface area contributed by atoms with E-state index in [1.54, 1.807) is 23.2 Å². The average Bonchev–Trinajstić information content (AvgIpc) is 3.44. The van der Waals surface area contributed by atoms with E-state index in [1.807, 2.05) is 22.7 Å². The van der Waals surface area contributed by atoms with E-state index in [-0.39, 0.29) is 6.71 Å². The van der Waals surface area contributed by atoms with Gasteiger partial charge in [-0.05, 0) is 41.9 Å². The molecular formula is C31H39BO2S2Si2. The van der Waals surface area contributed by atoms with Gasteiger partial charge in [0.2, 0.25) is 6.71 Å². The zero-order valence-corrected chi connectivity index (χ0v) is 28.3. The maximum Gasteiger partial charge on any atom is 0.245 e. The van der Waals surface area contributed by atoms with Gasteiger partial charge in [0, 0.05) is 20.9 Å². The Kier molecular flexibility index (Phi) is 6.91. The summed E-state index contributed by atoms with van der Waals surface area (Å²) in [5.74, 6) is 1.59. The fourth-order valence-corrected chi connectivity index (χ4v) is 12.0. The van der Waals surface area contributed by atoms with Gasteiger partial charge in [-0.2, -0.15) is 0 Å². The van der Waals surface area contributed by atoms with E-state index >= 15 is 0 Å². The van der Waals surface area contributed by atoms with Crippen molar-refractivity contribution in [1.82, 2.24) is 0 Å². The fraction of sp³-hybridized carbons (Fsp3) is 0.355. The molecule has 0 aliphatic carbocycles. The molecule has 0 atom stereocenters. The van der Waals surface area contributed by atoms with Gasteiger partial charge < -0.3 is 9.47 Å². The van der Waals surface area contributed by atoms with Crippen molar-refractivity contribution in [3.05, 3.63) is 53.1 Å². The van der Waals surface area contributed by atoms with Gasteiger partial charge in [0.05, 0.1) is 30.4 Å². The molecule has 0 bridgehead atoms. The molecule has 0 radical (unpaired) electrons. The fourth-order valence-electron chi connectivity index (χ4n) is 5.78. The van der Waals surface area contributed by atoms with Crippen LogP contribution in [0.25, 0.3) is 20.9 Å². The third-order valence-corrected chi connectivity index (χ3v) is 17.2. The SMILES string of the molecule is COc1cc2c(cc1OC)-c1sc([Si](C)(C)C)cc1B(c1c(C)cc(C)cc1C)c1cc([Si](C)(C)C)sc1-2. The lowest BCUT2D eigenvalue weighted by Gasteiger charge is -2.20. The second-order valence-electron chi connectivity index (χ2n) is 12.8. The van der Waals surface area contributed by atoms with Crippen LogP contribution < -0.4 is 34.9 Å². The predicted molar refractivity (Wildman–Crippen MR) is 177 cm³/mol. The van der Waals surface area contributed by atoms with Crippen molar-refractivity contribution in [2.75, 3.05) is 14.2 Å². The van der Waals surface area contributed by atoms with Crippen LogP contribution in [-0.4, -0.2) is 37.1 Å². The van der Waals surface area contributed by atoms with Gasteiger partial charge in [-0.1, -0.05) is 96.6 Å². The monoisotopic (exact) mass is 574 g/mol. The van der Waals surface area contributed by atoms with Crippen LogP contribution in [0, 0.1) is 20.8 Å². The molecule has 0 fully saturated rings. The van der Waals surface area contributed by atoms with E-state index in [0.717, 1.165) is 11.5 Å². The third-order valence-electron chi connectivity index (χ3n) is 7.66. The van der Waals surface area contributed by atoms with E-state index in [9.17, 15) is 0 Å². The summed E-state index contributed by atoms with van der Waals surface area (Å²) in [6.07, 6.45) is 0. The number of hydrogen-bond acceptors (Lipinski definition) is 4. The molecule has 0 unspecified atom stereocenters. The van der Waals surface area contributed by atoms with Crippen LogP contribution in [-0.2, 0) is 0 Å². The maximum atomic E-state index is 5.84. The molecule has 4 aromatic rings. The largest absolute Gasteiger partial charge is 0.493 e. The minimum atomic E-state index is -1.54. The number of ether oxygens (including phenoxy) is 2. The highest BCUT2D eigenvalue weighted by molar-refractivity contribution is 7.33. The van der Waals surface area contributed by atoms with Gasteiger partial charge in [0.1, 0.15) is 0 Å². The molecule has 0 saturated carbocycles. The average molecular weight is 575 g/mol. The van der Waals surface area contributed by atoms with Crippen molar-refractivity contribution in [3.63, 3.8) is 0 Å². The van der Waals surface area contributed by atoms with Crippen LogP contribution in [0.15, 0.2) is 36.4 Å². The first-order chi connectivity index (χ1) is 17.7. The van der Waals surface area contributed by atoms with Crippen LogP contribution in [0.2, 0.25) is 39.3 Å². The Hall–Kier alpha value is -2.06. The normalized spacial score (nSPS) is 13.1. The minimum absolute atomic E-state index is 0.202. The van der Waals surface area contributed by atoms with Gasteiger partial charge in [0.25, 0.3) is 0 Å². The van der Waals surface area contributed by atoms with Gasteiger partial charge in [-0.3, -0.25) is 0 Å². The number of methoxy groups -OCH3 is 2. The molecule has 5 rings (SSSR count). The molecule has 2 aromatic carbocycles. The molecule has 38 heavy (non-hydrogen) atoms. The van der Waals surface area contributed by atoms with E-state index < -0.39 is 16.1 Å². The Morgan fingerprint density at radius 3 is 1.34 bits per heavy atom. The molecular weight excluding hydrogens is 535 g/mol. The summed E-state index contributed by atoms with van der Waals surface area (Å²) in [7, 11) is 0.409. The molecule has 0 spiro atoms. The van der Waals surface area contributed by atoms with Gasteiger partial charge in [-0.15, -0.1) is 22.7 Å². The standard InChI is InChI=1S/C31H39BO2S2Si2/c1-18-12-19(2)29(20(3)13-18)32-23-16-27(37(6,7)8)35-30(23)21-14-25(33-4)26(34-5)15-22(21)31-24(32)17-28(36-31)38(9,10)11/h12-17H,1-11H3. The van der Waals surface area contributed by atoms with Crippen LogP contribution in [0.5, 0.6) is 11.5 Å². The third kappa shape index (κ3) is 4.55. The van der Waals surface area contributed by atoms with E-state index in [1.165, 1.54) is 54.0 Å². The number of aryl methyl sites for hydroxylation is 3. The summed E-state index contributed by atoms with van der Waals surface area (Å²) in [6, 6.07) is 14.3. The first-order valence-electron chi connectivity index (χ1n) is 13.4. The lowest BCUT2D eigenvalue weighted by molar-refractivity contribution is 0.355. The van der Waals surface area contributed by atoms with E-state index in [4.69, 9.17) is 9.47 Å². The Morgan fingerprint density at radius 2 is 1.00 bits per heavy atom. The second kappa shape index (κ2) is 9.54. The molecule has 0 N–H and O–H groups in total. The maximum absolute atomic E-state index is 5.84. The first kappa shape index (κ1) is 27.5. The lowest BCUT2D eigenvalue weighted by Crippen LogP contribution is -2.54. The molecule has 7 heteroatoms. The van der Waals surface area contributed by atoms with Crippen molar-refractivity contribution in [3.8, 4) is 32.4 Å². The Labute approximate surface area is 239 Å². The molecule has 3 heterocycles. The highest BCUT2D eigenvalue weighted by atomic mass is 32.1. The molecule has 2 nitrogen and oxygen atoms in total. The van der Waals surface area contributed by atoms with Crippen LogP contribution in [0.4, 0.5) is 0 Å². The number of fused-ring (bicyclic) bond motifs is 5. The molecule has 1 aliphatic rings. The van der Waals surface area contributed by atoms with Gasteiger partial charge in [0.15, 0.2) is 11.5 Å². The molecule has 0 saturated heterocycles. The molecule has 198 valence electrons. The molecule has 1 aliphatic heterocycles. The Balaban J connectivity index is 1.97. The summed E-state index contributed by atoms with van der Waals surface area (Å²) < 4.78 is 14.8. The zero-order chi connectivity index (χ0) is 27.7. The highest BCUT2D eigenvalue weighted by Crippen LogP contribution is 2.44. The molecule has 0 amide bonds. The van der Waals surface area contributed by atoms with Crippen molar-refractivity contribution < 1.29 is 9.47 Å². The van der Waals surface area contributed by atoms with Crippen molar-refractivity contribution in [2.24, 2.45) is 0 Å². The van der Waals surface area contributed by atoms with Crippen LogP contribution >= 0.6 is 22.7 Å². The van der Waals surface area contributed by atoms with Crippen LogP contribution in [0.1, 0.15) is 16.7 Å². The van der Waals surface area contributed by atoms with Crippen LogP contribution in [0.3, 0.4) is 0 Å². The Bertz CT molecular complexity index is 1440. The minimum Gasteiger partial charge on any atom is -0.493 e. The smallest absolute Gasteiger partial charge is 0.245 e. The van der Waals surface area contributed by atoms with E-state index in [2.05, 4.69) is 96.5 Å². The summed E-state index contributed by atoms with van der Waals surface area (Å²) in [5, 5.41) is 0. The van der Waals surface area contributed by atoms with Crippen molar-refractivity contribution >= 4 is 70.9 Å². The summed E-state index contributed by atoms with van der Waals surface area (Å²) in [5.41, 5.74) is 11.0. The summed E-state index contributed by atoms with van der Waals surface area (Å²) >= 11 is 4.01. The quantitative estimate of drug-likeness (QED) is 0.240. The van der Waals surface area contributed by atoms with Crippen molar-refractivity contribution in [1.29, 1.82) is 0 Å².